The fourth-order valence-electron chi connectivity index (χ4n) is 4.05. The average Bonchev–Trinajstić information content (AvgIpc) is 2.93. The predicted molar refractivity (Wildman–Crippen MR) is 95.2 cm³/mol. The first kappa shape index (κ1) is 16.7. The highest BCUT2D eigenvalue weighted by Crippen LogP contribution is 2.41. The van der Waals surface area contributed by atoms with E-state index in [0.717, 1.165) is 50.5 Å². The van der Waals surface area contributed by atoms with Gasteiger partial charge in [0.15, 0.2) is 18.1 Å². The van der Waals surface area contributed by atoms with Crippen LogP contribution in [0, 0.1) is 0 Å². The molecule has 4 heterocycles. The van der Waals surface area contributed by atoms with E-state index in [0.29, 0.717) is 18.3 Å². The molecule has 3 saturated heterocycles. The second-order valence-corrected chi connectivity index (χ2v) is 7.87. The summed E-state index contributed by atoms with van der Waals surface area (Å²) in [5.41, 5.74) is 0.928. The molecule has 5 rings (SSSR count). The molecule has 4 aliphatic rings. The molecule has 25 heavy (non-hydrogen) atoms. The standard InChI is InChI=1S/C19H27N3O3/c1-19(2)10-14-4-3-5-16(18(14)25-19)24-13-17(23)20-11-15-12-21-6-8-22(15)9-7-21/h3-5,15H,6-13H2,1-2H3,(H,20,23). The van der Waals surface area contributed by atoms with Gasteiger partial charge in [-0.1, -0.05) is 12.1 Å². The van der Waals surface area contributed by atoms with Crippen molar-refractivity contribution >= 4 is 5.91 Å². The van der Waals surface area contributed by atoms with E-state index in [-0.39, 0.29) is 18.1 Å². The van der Waals surface area contributed by atoms with Crippen LogP contribution in [0.3, 0.4) is 0 Å². The first-order valence-electron chi connectivity index (χ1n) is 9.17. The lowest BCUT2D eigenvalue weighted by molar-refractivity contribution is -0.123. The molecule has 1 aromatic rings. The van der Waals surface area contributed by atoms with Gasteiger partial charge in [0, 0.05) is 57.3 Å². The Labute approximate surface area is 149 Å². The molecule has 1 amide bonds. The first-order valence-corrected chi connectivity index (χ1v) is 9.17. The lowest BCUT2D eigenvalue weighted by Crippen LogP contribution is -2.63. The van der Waals surface area contributed by atoms with Gasteiger partial charge in [-0.15, -0.1) is 0 Å². The number of hydrogen-bond acceptors (Lipinski definition) is 5. The van der Waals surface area contributed by atoms with E-state index in [1.807, 2.05) is 12.1 Å². The molecular formula is C19H27N3O3. The average molecular weight is 345 g/mol. The van der Waals surface area contributed by atoms with Gasteiger partial charge >= 0.3 is 0 Å². The third-order valence-electron chi connectivity index (χ3n) is 5.34. The van der Waals surface area contributed by atoms with Crippen LogP contribution in [0.1, 0.15) is 19.4 Å². The van der Waals surface area contributed by atoms with Crippen LogP contribution in [0.2, 0.25) is 0 Å². The number of fused-ring (bicyclic) bond motifs is 4. The maximum Gasteiger partial charge on any atom is 0.257 e. The quantitative estimate of drug-likeness (QED) is 0.859. The topological polar surface area (TPSA) is 54.0 Å². The normalized spacial score (nSPS) is 29.0. The predicted octanol–water partition coefficient (Wildman–Crippen LogP) is 0.895. The number of ether oxygens (including phenoxy) is 2. The Morgan fingerprint density at radius 1 is 1.32 bits per heavy atom. The maximum atomic E-state index is 12.2. The fraction of sp³-hybridized carbons (Fsp3) is 0.632. The van der Waals surface area contributed by atoms with Crippen molar-refractivity contribution in [1.82, 2.24) is 15.1 Å². The second-order valence-electron chi connectivity index (χ2n) is 7.87. The molecule has 1 N–H and O–H groups in total. The molecule has 0 radical (unpaired) electrons. The van der Waals surface area contributed by atoms with Crippen LogP contribution in [0.5, 0.6) is 11.5 Å². The number of amides is 1. The Morgan fingerprint density at radius 2 is 2.12 bits per heavy atom. The van der Waals surface area contributed by atoms with Crippen LogP contribution in [-0.2, 0) is 11.2 Å². The molecule has 6 heteroatoms. The summed E-state index contributed by atoms with van der Waals surface area (Å²) in [6.07, 6.45) is 0.861. The van der Waals surface area contributed by atoms with Crippen LogP contribution in [0.15, 0.2) is 18.2 Å². The Morgan fingerprint density at radius 3 is 2.84 bits per heavy atom. The summed E-state index contributed by atoms with van der Waals surface area (Å²) in [7, 11) is 0. The van der Waals surface area contributed by atoms with E-state index >= 15 is 0 Å². The number of piperazine rings is 3. The molecule has 6 nitrogen and oxygen atoms in total. The molecule has 0 spiro atoms. The van der Waals surface area contributed by atoms with Gasteiger partial charge in [-0.05, 0) is 19.9 Å². The van der Waals surface area contributed by atoms with Gasteiger partial charge in [0.1, 0.15) is 5.60 Å². The molecule has 136 valence electrons. The molecule has 0 aromatic heterocycles. The molecule has 1 aromatic carbocycles. The van der Waals surface area contributed by atoms with E-state index in [4.69, 9.17) is 9.47 Å². The van der Waals surface area contributed by atoms with Crippen molar-refractivity contribution < 1.29 is 14.3 Å². The highest BCUT2D eigenvalue weighted by atomic mass is 16.5. The lowest BCUT2D eigenvalue weighted by atomic mass is 10.0. The Bertz CT molecular complexity index is 653. The zero-order valence-corrected chi connectivity index (χ0v) is 15.1. The number of carbonyl (C=O) groups excluding carboxylic acids is 1. The Balaban J connectivity index is 1.28. The first-order chi connectivity index (χ1) is 12.0. The number of carbonyl (C=O) groups is 1. The molecular weight excluding hydrogens is 318 g/mol. The summed E-state index contributed by atoms with van der Waals surface area (Å²) in [4.78, 5) is 17.1. The van der Waals surface area contributed by atoms with Crippen LogP contribution in [0.25, 0.3) is 0 Å². The second kappa shape index (κ2) is 6.50. The van der Waals surface area contributed by atoms with Crippen molar-refractivity contribution in [3.63, 3.8) is 0 Å². The van der Waals surface area contributed by atoms with Gasteiger partial charge in [-0.2, -0.15) is 0 Å². The van der Waals surface area contributed by atoms with Crippen molar-refractivity contribution in [2.75, 3.05) is 45.9 Å². The number of rotatable bonds is 5. The summed E-state index contributed by atoms with van der Waals surface area (Å²) < 4.78 is 11.7. The van der Waals surface area contributed by atoms with Gasteiger partial charge in [-0.25, -0.2) is 0 Å². The molecule has 4 aliphatic heterocycles. The van der Waals surface area contributed by atoms with Gasteiger partial charge in [-0.3, -0.25) is 14.6 Å². The van der Waals surface area contributed by atoms with Crippen molar-refractivity contribution in [2.45, 2.75) is 31.9 Å². The van der Waals surface area contributed by atoms with Gasteiger partial charge in [0.25, 0.3) is 5.91 Å². The van der Waals surface area contributed by atoms with Gasteiger partial charge < -0.3 is 14.8 Å². The number of nitrogens with one attached hydrogen (secondary N) is 1. The highest BCUT2D eigenvalue weighted by Gasteiger charge is 2.33. The Hall–Kier alpha value is -1.79. The monoisotopic (exact) mass is 345 g/mol. The van der Waals surface area contributed by atoms with E-state index < -0.39 is 0 Å². The summed E-state index contributed by atoms with van der Waals surface area (Å²) in [6.45, 7) is 10.4. The SMILES string of the molecule is CC1(C)Cc2cccc(OCC(=O)NCC3CN4CCN3CC4)c2O1. The van der Waals surface area contributed by atoms with Crippen LogP contribution < -0.4 is 14.8 Å². The van der Waals surface area contributed by atoms with Gasteiger partial charge in [0.05, 0.1) is 0 Å². The van der Waals surface area contributed by atoms with E-state index in [9.17, 15) is 4.79 Å². The molecule has 0 saturated carbocycles. The number of para-hydroxylation sites is 1. The van der Waals surface area contributed by atoms with Crippen molar-refractivity contribution in [2.24, 2.45) is 0 Å². The number of benzene rings is 1. The van der Waals surface area contributed by atoms with Crippen LogP contribution in [0.4, 0.5) is 0 Å². The summed E-state index contributed by atoms with van der Waals surface area (Å²) in [6, 6.07) is 6.31. The minimum absolute atomic E-state index is 0.0245. The molecule has 3 fully saturated rings. The molecule has 0 aliphatic carbocycles. The van der Waals surface area contributed by atoms with Crippen molar-refractivity contribution in [1.29, 1.82) is 0 Å². The van der Waals surface area contributed by atoms with E-state index in [1.54, 1.807) is 0 Å². The highest BCUT2D eigenvalue weighted by molar-refractivity contribution is 5.77. The van der Waals surface area contributed by atoms with E-state index in [2.05, 4.69) is 35.0 Å². The lowest BCUT2D eigenvalue weighted by Gasteiger charge is -2.47. The van der Waals surface area contributed by atoms with Gasteiger partial charge in [0.2, 0.25) is 0 Å². The summed E-state index contributed by atoms with van der Waals surface area (Å²) in [5.74, 6) is 1.36. The summed E-state index contributed by atoms with van der Waals surface area (Å²) in [5, 5.41) is 3.02. The minimum atomic E-state index is -0.214. The zero-order valence-electron chi connectivity index (χ0n) is 15.1. The largest absolute Gasteiger partial charge is 0.483 e. The smallest absolute Gasteiger partial charge is 0.257 e. The Kier molecular flexibility index (Phi) is 4.33. The van der Waals surface area contributed by atoms with E-state index in [1.165, 1.54) is 0 Å². The number of nitrogens with zero attached hydrogens (tertiary/aromatic N) is 2. The number of hydrogen-bond donors (Lipinski definition) is 1. The zero-order chi connectivity index (χ0) is 17.4. The molecule has 1 unspecified atom stereocenters. The van der Waals surface area contributed by atoms with Crippen molar-refractivity contribution in [3.8, 4) is 11.5 Å². The molecule has 1 atom stereocenters. The third-order valence-corrected chi connectivity index (χ3v) is 5.34. The summed E-state index contributed by atoms with van der Waals surface area (Å²) >= 11 is 0. The minimum Gasteiger partial charge on any atom is -0.483 e. The maximum absolute atomic E-state index is 12.2. The van der Waals surface area contributed by atoms with Crippen molar-refractivity contribution in [3.05, 3.63) is 23.8 Å². The van der Waals surface area contributed by atoms with Crippen LogP contribution in [-0.4, -0.2) is 73.2 Å². The molecule has 2 bridgehead atoms. The fourth-order valence-corrected chi connectivity index (χ4v) is 4.05. The third kappa shape index (κ3) is 3.60. The van der Waals surface area contributed by atoms with Crippen LogP contribution >= 0.6 is 0 Å².